The fraction of sp³-hybridized carbons (Fsp3) is 0.692. The van der Waals surface area contributed by atoms with Crippen molar-refractivity contribution in [3.63, 3.8) is 0 Å². The van der Waals surface area contributed by atoms with Crippen LogP contribution < -0.4 is 0 Å². The van der Waals surface area contributed by atoms with E-state index in [0.29, 0.717) is 6.04 Å². The lowest BCUT2D eigenvalue weighted by Crippen LogP contribution is -2.20. The number of rotatable bonds is 5. The molecule has 1 saturated carbocycles. The van der Waals surface area contributed by atoms with Crippen molar-refractivity contribution >= 4 is 5.97 Å². The second kappa shape index (κ2) is 6.00. The summed E-state index contributed by atoms with van der Waals surface area (Å²) in [6, 6.07) is 2.41. The first-order valence-electron chi connectivity index (χ1n) is 6.55. The molecular formula is C13H20N2O3. The standard InChI is InChI=1S/C13H20N2O3/c1-10(13(16)17)18-9-11-7-8-15(14-11)12-5-3-2-4-6-12/h7-8,10,12H,2-6,9H2,1H3,(H,16,17). The van der Waals surface area contributed by atoms with Crippen molar-refractivity contribution in [3.05, 3.63) is 18.0 Å². The highest BCUT2D eigenvalue weighted by atomic mass is 16.5. The number of hydrogen-bond donors (Lipinski definition) is 1. The monoisotopic (exact) mass is 252 g/mol. The SMILES string of the molecule is CC(OCc1ccn(C2CCCCC2)n1)C(=O)O. The lowest BCUT2D eigenvalue weighted by molar-refractivity contribution is -0.149. The van der Waals surface area contributed by atoms with Crippen molar-refractivity contribution in [2.24, 2.45) is 0 Å². The number of ether oxygens (including phenoxy) is 1. The lowest BCUT2D eigenvalue weighted by Gasteiger charge is -2.21. The Morgan fingerprint density at radius 2 is 2.28 bits per heavy atom. The quantitative estimate of drug-likeness (QED) is 0.873. The first-order valence-corrected chi connectivity index (χ1v) is 6.55. The molecule has 1 aliphatic carbocycles. The van der Waals surface area contributed by atoms with Gasteiger partial charge in [-0.3, -0.25) is 4.68 Å². The minimum absolute atomic E-state index is 0.257. The minimum atomic E-state index is -0.943. The normalized spacial score (nSPS) is 18.7. The van der Waals surface area contributed by atoms with Gasteiger partial charge in [-0.1, -0.05) is 19.3 Å². The first-order chi connectivity index (χ1) is 8.66. The van der Waals surface area contributed by atoms with E-state index in [9.17, 15) is 4.79 Å². The third kappa shape index (κ3) is 3.32. The molecule has 5 heteroatoms. The summed E-state index contributed by atoms with van der Waals surface area (Å²) in [5, 5.41) is 13.2. The Balaban J connectivity index is 1.87. The summed E-state index contributed by atoms with van der Waals surface area (Å²) in [5.74, 6) is -0.943. The van der Waals surface area contributed by atoms with Gasteiger partial charge in [0.25, 0.3) is 0 Å². The van der Waals surface area contributed by atoms with Gasteiger partial charge in [-0.2, -0.15) is 5.10 Å². The maximum atomic E-state index is 10.6. The van der Waals surface area contributed by atoms with E-state index in [1.165, 1.54) is 39.0 Å². The van der Waals surface area contributed by atoms with Crippen LogP contribution in [0, 0.1) is 0 Å². The minimum Gasteiger partial charge on any atom is -0.479 e. The molecule has 1 atom stereocenters. The molecule has 1 aliphatic rings. The van der Waals surface area contributed by atoms with E-state index >= 15 is 0 Å². The molecule has 0 aromatic carbocycles. The summed E-state index contributed by atoms with van der Waals surface area (Å²) in [6.45, 7) is 1.79. The van der Waals surface area contributed by atoms with Gasteiger partial charge < -0.3 is 9.84 Å². The molecule has 2 rings (SSSR count). The fourth-order valence-corrected chi connectivity index (χ4v) is 2.28. The van der Waals surface area contributed by atoms with Crippen LogP contribution in [0.5, 0.6) is 0 Å². The van der Waals surface area contributed by atoms with Gasteiger partial charge >= 0.3 is 5.97 Å². The average molecular weight is 252 g/mol. The van der Waals surface area contributed by atoms with Crippen LogP contribution in [0.1, 0.15) is 50.8 Å². The van der Waals surface area contributed by atoms with E-state index in [1.807, 2.05) is 16.9 Å². The molecule has 1 N–H and O–H groups in total. The zero-order valence-electron chi connectivity index (χ0n) is 10.7. The van der Waals surface area contributed by atoms with E-state index < -0.39 is 12.1 Å². The molecule has 0 aliphatic heterocycles. The Labute approximate surface area is 107 Å². The lowest BCUT2D eigenvalue weighted by atomic mass is 9.96. The molecule has 5 nitrogen and oxygen atoms in total. The first kappa shape index (κ1) is 13.1. The molecule has 0 radical (unpaired) electrons. The van der Waals surface area contributed by atoms with Crippen molar-refractivity contribution in [2.45, 2.75) is 57.8 Å². The molecule has 18 heavy (non-hydrogen) atoms. The molecule has 0 amide bonds. The number of aromatic nitrogens is 2. The maximum absolute atomic E-state index is 10.6. The van der Waals surface area contributed by atoms with E-state index in [-0.39, 0.29) is 6.61 Å². The highest BCUT2D eigenvalue weighted by molar-refractivity contribution is 5.71. The molecular weight excluding hydrogens is 232 g/mol. The molecule has 1 aromatic rings. The molecule has 1 fully saturated rings. The van der Waals surface area contributed by atoms with Gasteiger partial charge in [0.05, 0.1) is 18.3 Å². The van der Waals surface area contributed by atoms with E-state index in [2.05, 4.69) is 5.10 Å². The Kier molecular flexibility index (Phi) is 4.36. The van der Waals surface area contributed by atoms with Crippen LogP contribution in [0.25, 0.3) is 0 Å². The smallest absolute Gasteiger partial charge is 0.332 e. The predicted octanol–water partition coefficient (Wildman–Crippen LogP) is 2.38. The van der Waals surface area contributed by atoms with Gasteiger partial charge in [0, 0.05) is 6.20 Å². The average Bonchev–Trinajstić information content (AvgIpc) is 2.85. The summed E-state index contributed by atoms with van der Waals surface area (Å²) in [4.78, 5) is 10.6. The Hall–Kier alpha value is -1.36. The Morgan fingerprint density at radius 1 is 1.56 bits per heavy atom. The topological polar surface area (TPSA) is 64.4 Å². The van der Waals surface area contributed by atoms with Crippen molar-refractivity contribution < 1.29 is 14.6 Å². The van der Waals surface area contributed by atoms with Crippen LogP contribution >= 0.6 is 0 Å². The highest BCUT2D eigenvalue weighted by Crippen LogP contribution is 2.27. The summed E-state index contributed by atoms with van der Waals surface area (Å²) >= 11 is 0. The van der Waals surface area contributed by atoms with Crippen molar-refractivity contribution in [1.82, 2.24) is 9.78 Å². The van der Waals surface area contributed by atoms with Crippen molar-refractivity contribution in [2.75, 3.05) is 0 Å². The van der Waals surface area contributed by atoms with E-state index in [4.69, 9.17) is 9.84 Å². The maximum Gasteiger partial charge on any atom is 0.332 e. The Bertz CT molecular complexity index is 397. The van der Waals surface area contributed by atoms with Crippen LogP contribution in [0.4, 0.5) is 0 Å². The molecule has 0 bridgehead atoms. The van der Waals surface area contributed by atoms with Gasteiger partial charge in [-0.15, -0.1) is 0 Å². The van der Waals surface area contributed by atoms with Crippen LogP contribution in [-0.4, -0.2) is 27.0 Å². The molecule has 0 saturated heterocycles. The largest absolute Gasteiger partial charge is 0.479 e. The number of hydrogen-bond acceptors (Lipinski definition) is 3. The number of carbonyl (C=O) groups is 1. The van der Waals surface area contributed by atoms with Crippen LogP contribution in [-0.2, 0) is 16.1 Å². The summed E-state index contributed by atoms with van der Waals surface area (Å²) in [5.41, 5.74) is 0.800. The van der Waals surface area contributed by atoms with Crippen LogP contribution in [0.3, 0.4) is 0 Å². The highest BCUT2D eigenvalue weighted by Gasteiger charge is 2.17. The van der Waals surface area contributed by atoms with Gasteiger partial charge in [0.2, 0.25) is 0 Å². The van der Waals surface area contributed by atoms with Crippen LogP contribution in [0.15, 0.2) is 12.3 Å². The summed E-state index contributed by atoms with van der Waals surface area (Å²) < 4.78 is 7.22. The zero-order valence-corrected chi connectivity index (χ0v) is 10.7. The van der Waals surface area contributed by atoms with E-state index in [0.717, 1.165) is 5.69 Å². The molecule has 1 heterocycles. The number of aliphatic carboxylic acids is 1. The summed E-state index contributed by atoms with van der Waals surface area (Å²) in [7, 11) is 0. The molecule has 1 unspecified atom stereocenters. The summed E-state index contributed by atoms with van der Waals surface area (Å²) in [6.07, 6.45) is 7.42. The van der Waals surface area contributed by atoms with Gasteiger partial charge in [0.15, 0.2) is 6.10 Å². The van der Waals surface area contributed by atoms with E-state index in [1.54, 1.807) is 0 Å². The zero-order chi connectivity index (χ0) is 13.0. The van der Waals surface area contributed by atoms with Gasteiger partial charge in [-0.05, 0) is 25.8 Å². The van der Waals surface area contributed by atoms with Gasteiger partial charge in [0.1, 0.15) is 0 Å². The van der Waals surface area contributed by atoms with Crippen LogP contribution in [0.2, 0.25) is 0 Å². The van der Waals surface area contributed by atoms with Crippen molar-refractivity contribution in [3.8, 4) is 0 Å². The second-order valence-electron chi connectivity index (χ2n) is 4.87. The third-order valence-electron chi connectivity index (χ3n) is 3.44. The second-order valence-corrected chi connectivity index (χ2v) is 4.87. The fourth-order valence-electron chi connectivity index (χ4n) is 2.28. The number of carboxylic acid groups (broad SMARTS) is 1. The molecule has 0 spiro atoms. The number of carboxylic acids is 1. The third-order valence-corrected chi connectivity index (χ3v) is 3.44. The molecule has 1 aromatic heterocycles. The van der Waals surface area contributed by atoms with Gasteiger partial charge in [-0.25, -0.2) is 4.79 Å². The Morgan fingerprint density at radius 3 is 2.94 bits per heavy atom. The molecule has 100 valence electrons. The van der Waals surface area contributed by atoms with Crippen molar-refractivity contribution in [1.29, 1.82) is 0 Å². The number of nitrogens with zero attached hydrogens (tertiary/aromatic N) is 2. The predicted molar refractivity (Wildman–Crippen MR) is 66.2 cm³/mol.